The first-order valence-electron chi connectivity index (χ1n) is 17.2. The van der Waals surface area contributed by atoms with Crippen molar-refractivity contribution in [1.29, 1.82) is 0 Å². The zero-order valence-electron chi connectivity index (χ0n) is 28.9. The molecule has 47 heavy (non-hydrogen) atoms. The second kappa shape index (κ2) is 9.23. The summed E-state index contributed by atoms with van der Waals surface area (Å²) in [5.74, 6) is 0. The third-order valence-electron chi connectivity index (χ3n) is 12.2. The maximum atomic E-state index is 2.48. The standard InChI is InChI=1S/C47H42/c1-27-21-41-37(31-13-9-11-15-39(31)45(41,3)4)25-35(27)29-17-19-33-34-20-18-30(24-44(34)47(7,8)43(33)23-29)36-26-38-32-14-10-12-16-40(32)46(5,6)42(38)22-28(36)2/h9-26H,1-8H3. The average molecular weight is 607 g/mol. The fraction of sp³-hybridized carbons (Fsp3) is 0.234. The summed E-state index contributed by atoms with van der Waals surface area (Å²) in [6.07, 6.45) is 0. The molecule has 0 aliphatic heterocycles. The molecule has 0 saturated carbocycles. The Morgan fingerprint density at radius 2 is 0.638 bits per heavy atom. The minimum Gasteiger partial charge on any atom is -0.0619 e. The van der Waals surface area contributed by atoms with Crippen LogP contribution in [0.3, 0.4) is 0 Å². The maximum absolute atomic E-state index is 2.48. The molecule has 9 rings (SSSR count). The zero-order chi connectivity index (χ0) is 32.6. The molecule has 0 spiro atoms. The van der Waals surface area contributed by atoms with Crippen molar-refractivity contribution in [3.05, 3.63) is 154 Å². The highest BCUT2D eigenvalue weighted by molar-refractivity contribution is 5.91. The Hall–Kier alpha value is -4.68. The van der Waals surface area contributed by atoms with Crippen molar-refractivity contribution < 1.29 is 0 Å². The van der Waals surface area contributed by atoms with Gasteiger partial charge in [0.2, 0.25) is 0 Å². The molecule has 0 radical (unpaired) electrons. The monoisotopic (exact) mass is 606 g/mol. The first kappa shape index (κ1) is 28.5. The van der Waals surface area contributed by atoms with E-state index in [1.165, 1.54) is 100 Å². The normalized spacial score (nSPS) is 16.6. The number of rotatable bonds is 2. The van der Waals surface area contributed by atoms with Gasteiger partial charge < -0.3 is 0 Å². The number of hydrogen-bond donors (Lipinski definition) is 0. The van der Waals surface area contributed by atoms with Gasteiger partial charge in [-0.25, -0.2) is 0 Å². The van der Waals surface area contributed by atoms with Gasteiger partial charge in [0.1, 0.15) is 0 Å². The molecular weight excluding hydrogens is 565 g/mol. The van der Waals surface area contributed by atoms with Gasteiger partial charge in [0.25, 0.3) is 0 Å². The Labute approximate surface area is 280 Å². The Morgan fingerprint density at radius 3 is 1.06 bits per heavy atom. The van der Waals surface area contributed by atoms with E-state index in [4.69, 9.17) is 0 Å². The highest BCUT2D eigenvalue weighted by Gasteiger charge is 2.39. The van der Waals surface area contributed by atoms with E-state index in [1.807, 2.05) is 0 Å². The second-order valence-electron chi connectivity index (χ2n) is 15.9. The predicted octanol–water partition coefficient (Wildman–Crippen LogP) is 12.6. The summed E-state index contributed by atoms with van der Waals surface area (Å²) in [6, 6.07) is 42.1. The summed E-state index contributed by atoms with van der Waals surface area (Å²) >= 11 is 0. The van der Waals surface area contributed by atoms with Crippen molar-refractivity contribution in [2.75, 3.05) is 0 Å². The van der Waals surface area contributed by atoms with Gasteiger partial charge in [-0.15, -0.1) is 0 Å². The Bertz CT molecular complexity index is 2170. The van der Waals surface area contributed by atoms with Crippen LogP contribution in [0.5, 0.6) is 0 Å². The van der Waals surface area contributed by atoms with E-state index in [2.05, 4.69) is 165 Å². The van der Waals surface area contributed by atoms with Gasteiger partial charge in [-0.2, -0.15) is 0 Å². The SMILES string of the molecule is Cc1cc2c(cc1-c1ccc3c(c1)C(C)(C)c1cc(-c4cc5c(cc4C)C(C)(C)c4ccccc4-5)ccc1-3)-c1ccccc1C2(C)C. The molecule has 0 unspecified atom stereocenters. The van der Waals surface area contributed by atoms with E-state index in [-0.39, 0.29) is 16.2 Å². The molecule has 0 atom stereocenters. The van der Waals surface area contributed by atoms with Crippen molar-refractivity contribution in [1.82, 2.24) is 0 Å². The maximum Gasteiger partial charge on any atom is 0.0159 e. The minimum atomic E-state index is -0.102. The Morgan fingerprint density at radius 1 is 0.298 bits per heavy atom. The molecule has 0 bridgehead atoms. The molecule has 0 saturated heterocycles. The van der Waals surface area contributed by atoms with Gasteiger partial charge in [-0.05, 0) is 138 Å². The lowest BCUT2D eigenvalue weighted by Crippen LogP contribution is -2.15. The van der Waals surface area contributed by atoms with Gasteiger partial charge >= 0.3 is 0 Å². The first-order valence-corrected chi connectivity index (χ1v) is 17.2. The summed E-state index contributed by atoms with van der Waals surface area (Å²) in [5, 5.41) is 0. The summed E-state index contributed by atoms with van der Waals surface area (Å²) in [6.45, 7) is 18.9. The molecule has 0 heteroatoms. The van der Waals surface area contributed by atoms with Crippen LogP contribution in [0.25, 0.3) is 55.6 Å². The highest BCUT2D eigenvalue weighted by atomic mass is 14.4. The number of aryl methyl sites for hydroxylation is 2. The van der Waals surface area contributed by atoms with Crippen LogP contribution in [0.15, 0.2) is 109 Å². The smallest absolute Gasteiger partial charge is 0.0159 e. The van der Waals surface area contributed by atoms with Gasteiger partial charge in [-0.1, -0.05) is 126 Å². The van der Waals surface area contributed by atoms with Crippen molar-refractivity contribution in [3.8, 4) is 55.6 Å². The largest absolute Gasteiger partial charge is 0.0619 e. The van der Waals surface area contributed by atoms with Crippen LogP contribution >= 0.6 is 0 Å². The number of hydrogen-bond acceptors (Lipinski definition) is 0. The molecule has 0 N–H and O–H groups in total. The Balaban J connectivity index is 1.14. The van der Waals surface area contributed by atoms with Crippen molar-refractivity contribution in [2.45, 2.75) is 71.6 Å². The quantitative estimate of drug-likeness (QED) is 0.184. The van der Waals surface area contributed by atoms with Gasteiger partial charge in [0, 0.05) is 16.2 Å². The van der Waals surface area contributed by atoms with Crippen LogP contribution < -0.4 is 0 Å². The second-order valence-corrected chi connectivity index (χ2v) is 15.9. The van der Waals surface area contributed by atoms with Crippen LogP contribution in [0.4, 0.5) is 0 Å². The molecule has 3 aliphatic carbocycles. The van der Waals surface area contributed by atoms with E-state index in [0.717, 1.165) is 0 Å². The van der Waals surface area contributed by atoms with Crippen molar-refractivity contribution >= 4 is 0 Å². The van der Waals surface area contributed by atoms with Crippen molar-refractivity contribution in [3.63, 3.8) is 0 Å². The molecule has 6 aromatic carbocycles. The van der Waals surface area contributed by atoms with E-state index < -0.39 is 0 Å². The lowest BCUT2D eigenvalue weighted by Gasteiger charge is -2.24. The van der Waals surface area contributed by atoms with E-state index in [1.54, 1.807) is 0 Å². The van der Waals surface area contributed by atoms with Crippen molar-refractivity contribution in [2.24, 2.45) is 0 Å². The van der Waals surface area contributed by atoms with Gasteiger partial charge in [0.15, 0.2) is 0 Å². The first-order chi connectivity index (χ1) is 22.4. The van der Waals surface area contributed by atoms with Crippen LogP contribution in [-0.4, -0.2) is 0 Å². The average Bonchev–Trinajstić information content (AvgIpc) is 3.52. The molecule has 0 amide bonds. The lowest BCUT2D eigenvalue weighted by atomic mass is 9.79. The van der Waals surface area contributed by atoms with Gasteiger partial charge in [-0.3, -0.25) is 0 Å². The summed E-state index contributed by atoms with van der Waals surface area (Å²) in [7, 11) is 0. The topological polar surface area (TPSA) is 0 Å². The summed E-state index contributed by atoms with van der Waals surface area (Å²) in [4.78, 5) is 0. The van der Waals surface area contributed by atoms with Crippen LogP contribution in [0, 0.1) is 13.8 Å². The van der Waals surface area contributed by atoms with E-state index >= 15 is 0 Å². The molecular formula is C47H42. The van der Waals surface area contributed by atoms with E-state index in [0.29, 0.717) is 0 Å². The third-order valence-corrected chi connectivity index (χ3v) is 12.2. The molecule has 0 heterocycles. The summed E-state index contributed by atoms with van der Waals surface area (Å²) < 4.78 is 0. The van der Waals surface area contributed by atoms with Gasteiger partial charge in [0.05, 0.1) is 0 Å². The zero-order valence-corrected chi connectivity index (χ0v) is 28.9. The van der Waals surface area contributed by atoms with Crippen LogP contribution in [0.2, 0.25) is 0 Å². The molecule has 0 nitrogen and oxygen atoms in total. The fourth-order valence-electron chi connectivity index (χ4n) is 9.41. The fourth-order valence-corrected chi connectivity index (χ4v) is 9.41. The predicted molar refractivity (Wildman–Crippen MR) is 199 cm³/mol. The third kappa shape index (κ3) is 3.70. The molecule has 3 aliphatic rings. The van der Waals surface area contributed by atoms with E-state index in [9.17, 15) is 0 Å². The number of benzene rings is 6. The lowest BCUT2D eigenvalue weighted by molar-refractivity contribution is 0.659. The molecule has 230 valence electrons. The Kier molecular flexibility index (Phi) is 5.60. The number of fused-ring (bicyclic) bond motifs is 9. The molecule has 0 aromatic heterocycles. The molecule has 6 aromatic rings. The summed E-state index contributed by atoms with van der Waals surface area (Å²) in [5.41, 5.74) is 24.8. The highest BCUT2D eigenvalue weighted by Crippen LogP contribution is 2.54. The minimum absolute atomic E-state index is 0.0191. The van der Waals surface area contributed by atoms with Crippen LogP contribution in [-0.2, 0) is 16.2 Å². The molecule has 0 fully saturated rings. The van der Waals surface area contributed by atoms with Crippen LogP contribution in [0.1, 0.15) is 86.1 Å².